The predicted octanol–water partition coefficient (Wildman–Crippen LogP) is 5.52. The lowest BCUT2D eigenvalue weighted by atomic mass is 9.89. The highest BCUT2D eigenvalue weighted by Crippen LogP contribution is 2.35. The van der Waals surface area contributed by atoms with Crippen LogP contribution in [0.2, 0.25) is 0 Å². The smallest absolute Gasteiger partial charge is 0.208 e. The van der Waals surface area contributed by atoms with Crippen molar-refractivity contribution in [1.29, 1.82) is 0 Å². The average molecular weight is 473 g/mol. The maximum atomic E-state index is 6.08. The first-order valence-corrected chi connectivity index (χ1v) is 12.9. The molecule has 2 aromatic heterocycles. The number of H-pyrrole nitrogens is 1. The van der Waals surface area contributed by atoms with E-state index in [9.17, 15) is 0 Å². The van der Waals surface area contributed by atoms with E-state index in [0.717, 1.165) is 49.8 Å². The zero-order chi connectivity index (χ0) is 24.0. The molecule has 3 heterocycles. The molecule has 0 atom stereocenters. The Kier molecular flexibility index (Phi) is 7.42. The van der Waals surface area contributed by atoms with E-state index in [-0.39, 0.29) is 0 Å². The van der Waals surface area contributed by atoms with E-state index in [1.807, 2.05) is 24.3 Å². The maximum absolute atomic E-state index is 6.08. The fraction of sp³-hybridized carbons (Fsp3) is 0.464. The topological polar surface area (TPSA) is 71.9 Å². The minimum absolute atomic E-state index is 0.563. The number of aromatic nitrogens is 5. The number of piperidine rings is 1. The van der Waals surface area contributed by atoms with Crippen LogP contribution in [0, 0.1) is 5.92 Å². The van der Waals surface area contributed by atoms with E-state index < -0.39 is 0 Å². The summed E-state index contributed by atoms with van der Waals surface area (Å²) in [4.78, 5) is 2.59. The largest absolute Gasteiger partial charge is 0.493 e. The van der Waals surface area contributed by atoms with Crippen molar-refractivity contribution in [3.8, 4) is 17.1 Å². The predicted molar refractivity (Wildman–Crippen MR) is 140 cm³/mol. The van der Waals surface area contributed by atoms with Gasteiger partial charge in [-0.1, -0.05) is 44.2 Å². The summed E-state index contributed by atoms with van der Waals surface area (Å²) in [5.41, 5.74) is 3.81. The highest BCUT2D eigenvalue weighted by atomic mass is 16.5. The number of ether oxygens (including phenoxy) is 1. The number of rotatable bonds is 10. The van der Waals surface area contributed by atoms with Crippen LogP contribution in [0.5, 0.6) is 5.75 Å². The molecule has 0 unspecified atom stereocenters. The number of nitrogens with one attached hydrogen (secondary N) is 1. The van der Waals surface area contributed by atoms with Crippen molar-refractivity contribution in [3.63, 3.8) is 0 Å². The van der Waals surface area contributed by atoms with Crippen molar-refractivity contribution in [3.05, 3.63) is 60.3 Å². The van der Waals surface area contributed by atoms with Gasteiger partial charge in [0.2, 0.25) is 5.82 Å². The highest BCUT2D eigenvalue weighted by Gasteiger charge is 2.23. The number of fused-ring (bicyclic) bond motifs is 1. The number of hydrogen-bond acceptors (Lipinski definition) is 5. The normalized spacial score (nSPS) is 15.3. The molecule has 7 nitrogen and oxygen atoms in total. The lowest BCUT2D eigenvalue weighted by Gasteiger charge is -2.32. The number of aromatic amines is 1. The van der Waals surface area contributed by atoms with Crippen molar-refractivity contribution in [2.45, 2.75) is 52.0 Å². The van der Waals surface area contributed by atoms with Crippen LogP contribution in [0.25, 0.3) is 22.3 Å². The van der Waals surface area contributed by atoms with Gasteiger partial charge in [0.15, 0.2) is 0 Å². The quantitative estimate of drug-likeness (QED) is 0.308. The molecule has 7 heteroatoms. The molecular weight excluding hydrogens is 436 g/mol. The summed E-state index contributed by atoms with van der Waals surface area (Å²) >= 11 is 0. The molecule has 1 fully saturated rings. The number of likely N-dealkylation sites (tertiary alicyclic amines) is 1. The number of para-hydroxylation sites is 2. The van der Waals surface area contributed by atoms with Gasteiger partial charge in [-0.2, -0.15) is 5.21 Å². The number of tetrazole rings is 1. The second-order valence-electron chi connectivity index (χ2n) is 10.0. The number of hydrogen-bond donors (Lipinski definition) is 1. The third-order valence-electron chi connectivity index (χ3n) is 7.14. The molecule has 0 bridgehead atoms. The first-order chi connectivity index (χ1) is 17.2. The molecular formula is C28H36N6O. The molecule has 5 rings (SSSR count). The fourth-order valence-electron chi connectivity index (χ4n) is 5.17. The Labute approximate surface area is 207 Å². The summed E-state index contributed by atoms with van der Waals surface area (Å²) in [6.45, 7) is 9.75. The van der Waals surface area contributed by atoms with Crippen LogP contribution in [0.1, 0.15) is 51.0 Å². The molecule has 35 heavy (non-hydrogen) atoms. The van der Waals surface area contributed by atoms with Crippen LogP contribution in [0.15, 0.2) is 54.7 Å². The third kappa shape index (κ3) is 5.56. The van der Waals surface area contributed by atoms with E-state index in [4.69, 9.17) is 4.74 Å². The molecule has 0 aliphatic carbocycles. The fourth-order valence-corrected chi connectivity index (χ4v) is 5.17. The molecule has 4 aromatic rings. The van der Waals surface area contributed by atoms with E-state index in [1.165, 1.54) is 30.2 Å². The second kappa shape index (κ2) is 11.0. The Morgan fingerprint density at radius 3 is 2.63 bits per heavy atom. The SMILES string of the molecule is CC(C)CCn1cc(C2CCN(CCCOc3ccccc3-c3nn[nH]n3)CC2)c2ccccc21. The Morgan fingerprint density at radius 2 is 1.83 bits per heavy atom. The van der Waals surface area contributed by atoms with Crippen LogP contribution in [-0.2, 0) is 6.54 Å². The molecule has 1 saturated heterocycles. The Morgan fingerprint density at radius 1 is 1.03 bits per heavy atom. The van der Waals surface area contributed by atoms with Gasteiger partial charge in [-0.25, -0.2) is 0 Å². The zero-order valence-electron chi connectivity index (χ0n) is 20.9. The average Bonchev–Trinajstić information content (AvgIpc) is 3.55. The summed E-state index contributed by atoms with van der Waals surface area (Å²) in [5.74, 6) is 2.74. The first-order valence-electron chi connectivity index (χ1n) is 12.9. The van der Waals surface area contributed by atoms with Gasteiger partial charge in [-0.3, -0.25) is 0 Å². The summed E-state index contributed by atoms with van der Waals surface area (Å²) in [5, 5.41) is 15.8. The molecule has 1 aliphatic heterocycles. The van der Waals surface area contributed by atoms with E-state index in [0.29, 0.717) is 18.3 Å². The van der Waals surface area contributed by atoms with Crippen LogP contribution in [-0.4, -0.2) is 56.3 Å². The molecule has 1 aliphatic rings. The van der Waals surface area contributed by atoms with E-state index >= 15 is 0 Å². The van der Waals surface area contributed by atoms with Crippen molar-refractivity contribution in [2.24, 2.45) is 5.92 Å². The van der Waals surface area contributed by atoms with Gasteiger partial charge >= 0.3 is 0 Å². The monoisotopic (exact) mass is 472 g/mol. The third-order valence-corrected chi connectivity index (χ3v) is 7.14. The standard InChI is InChI=1S/C28H36N6O/c1-21(2)12-18-34-20-25(23-8-3-5-10-26(23)34)22-13-16-33(17-14-22)15-7-19-35-27-11-6-4-9-24(27)28-29-31-32-30-28/h3-6,8-11,20-22H,7,12-19H2,1-2H3,(H,29,30,31,32). The minimum Gasteiger partial charge on any atom is -0.493 e. The van der Waals surface area contributed by atoms with Crippen LogP contribution < -0.4 is 4.74 Å². The van der Waals surface area contributed by atoms with Crippen LogP contribution >= 0.6 is 0 Å². The molecule has 184 valence electrons. The summed E-state index contributed by atoms with van der Waals surface area (Å²) in [7, 11) is 0. The van der Waals surface area contributed by atoms with Crippen LogP contribution in [0.4, 0.5) is 0 Å². The Bertz CT molecular complexity index is 1210. The zero-order valence-corrected chi connectivity index (χ0v) is 20.9. The first kappa shape index (κ1) is 23.5. The van der Waals surface area contributed by atoms with E-state index in [1.54, 1.807) is 5.56 Å². The van der Waals surface area contributed by atoms with Gasteiger partial charge in [0, 0.05) is 30.2 Å². The van der Waals surface area contributed by atoms with Gasteiger partial charge in [-0.05, 0) is 79.6 Å². The summed E-state index contributed by atoms with van der Waals surface area (Å²) in [6, 6.07) is 16.8. The van der Waals surface area contributed by atoms with Gasteiger partial charge in [0.05, 0.1) is 12.2 Å². The number of benzene rings is 2. The number of aryl methyl sites for hydroxylation is 1. The van der Waals surface area contributed by atoms with Gasteiger partial charge in [-0.15, -0.1) is 10.2 Å². The van der Waals surface area contributed by atoms with Crippen molar-refractivity contribution >= 4 is 10.9 Å². The maximum Gasteiger partial charge on any atom is 0.208 e. The lowest BCUT2D eigenvalue weighted by molar-refractivity contribution is 0.193. The molecule has 1 N–H and O–H groups in total. The molecule has 0 amide bonds. The number of nitrogens with zero attached hydrogens (tertiary/aromatic N) is 5. The van der Waals surface area contributed by atoms with E-state index in [2.05, 4.69) is 74.4 Å². The molecule has 0 radical (unpaired) electrons. The second-order valence-corrected chi connectivity index (χ2v) is 10.0. The Hall–Kier alpha value is -3.19. The molecule has 0 spiro atoms. The minimum atomic E-state index is 0.563. The van der Waals surface area contributed by atoms with Crippen LogP contribution in [0.3, 0.4) is 0 Å². The van der Waals surface area contributed by atoms with Crippen molar-refractivity contribution in [2.75, 3.05) is 26.2 Å². The lowest BCUT2D eigenvalue weighted by Crippen LogP contribution is -2.34. The van der Waals surface area contributed by atoms with Gasteiger partial charge in [0.25, 0.3) is 0 Å². The highest BCUT2D eigenvalue weighted by molar-refractivity contribution is 5.84. The molecule has 0 saturated carbocycles. The van der Waals surface area contributed by atoms with Crippen molar-refractivity contribution < 1.29 is 4.74 Å². The summed E-state index contributed by atoms with van der Waals surface area (Å²) < 4.78 is 8.57. The van der Waals surface area contributed by atoms with Crippen molar-refractivity contribution in [1.82, 2.24) is 30.1 Å². The Balaban J connectivity index is 1.13. The molecule has 2 aromatic carbocycles. The van der Waals surface area contributed by atoms with Gasteiger partial charge < -0.3 is 14.2 Å². The summed E-state index contributed by atoms with van der Waals surface area (Å²) in [6.07, 6.45) is 7.11. The van der Waals surface area contributed by atoms with Gasteiger partial charge in [0.1, 0.15) is 5.75 Å².